The lowest BCUT2D eigenvalue weighted by molar-refractivity contribution is -0.148. The van der Waals surface area contributed by atoms with E-state index in [2.05, 4.69) is 9.97 Å². The number of fused-ring (bicyclic) bond motifs is 1. The lowest BCUT2D eigenvalue weighted by Crippen LogP contribution is -2.51. The van der Waals surface area contributed by atoms with Gasteiger partial charge in [-0.15, -0.1) is 12.4 Å². The summed E-state index contributed by atoms with van der Waals surface area (Å²) in [6.45, 7) is 2.35. The fourth-order valence-electron chi connectivity index (χ4n) is 3.92. The van der Waals surface area contributed by atoms with Crippen LogP contribution in [-0.2, 0) is 28.7 Å². The number of halogens is 6. The normalized spacial score (nSPS) is 19.2. The van der Waals surface area contributed by atoms with Gasteiger partial charge < -0.3 is 15.5 Å². The molecule has 0 unspecified atom stereocenters. The van der Waals surface area contributed by atoms with E-state index in [-0.39, 0.29) is 74.3 Å². The van der Waals surface area contributed by atoms with Crippen molar-refractivity contribution in [3.63, 3.8) is 0 Å². The lowest BCUT2D eigenvalue weighted by atomic mass is 10.0. The molecule has 0 saturated carbocycles. The van der Waals surface area contributed by atoms with Crippen molar-refractivity contribution >= 4 is 24.2 Å². The summed E-state index contributed by atoms with van der Waals surface area (Å²) in [5.74, 6) is -4.15. The van der Waals surface area contributed by atoms with Crippen LogP contribution in [0.15, 0.2) is 0 Å². The zero-order chi connectivity index (χ0) is 23.8. The van der Waals surface area contributed by atoms with Crippen LogP contribution in [-0.4, -0.2) is 63.2 Å². The first-order chi connectivity index (χ1) is 14.8. The fourth-order valence-corrected chi connectivity index (χ4v) is 3.92. The molecule has 33 heavy (non-hydrogen) atoms. The van der Waals surface area contributed by atoms with Gasteiger partial charge in [0.2, 0.25) is 11.8 Å². The Kier molecular flexibility index (Phi) is 8.27. The molecule has 13 heteroatoms. The number of nitrogens with two attached hydrogens (primary N) is 1. The van der Waals surface area contributed by atoms with Gasteiger partial charge in [0.1, 0.15) is 5.82 Å². The molecule has 3 heterocycles. The van der Waals surface area contributed by atoms with Crippen LogP contribution in [0.5, 0.6) is 0 Å². The topological polar surface area (TPSA) is 92.4 Å². The standard InChI is InChI=1S/C20H26F5N5O2.ClH/c1-11(2)18-27-14-9-29(6-4-13(14)17(28-18)20(23,24)25)16(32)7-12(26)8-30-10-19(21,22)5-3-15(30)31;/h11-12H,3-10,26H2,1-2H3;1H/t12-;/m0./s1. The van der Waals surface area contributed by atoms with E-state index in [4.69, 9.17) is 5.73 Å². The molecule has 186 valence electrons. The monoisotopic (exact) mass is 499 g/mol. The summed E-state index contributed by atoms with van der Waals surface area (Å²) in [5, 5.41) is 0. The van der Waals surface area contributed by atoms with Gasteiger partial charge in [0.05, 0.1) is 18.8 Å². The van der Waals surface area contributed by atoms with Crippen LogP contribution in [0.4, 0.5) is 22.0 Å². The maximum Gasteiger partial charge on any atom is 0.433 e. The number of piperidine rings is 1. The van der Waals surface area contributed by atoms with Gasteiger partial charge in [0.25, 0.3) is 5.92 Å². The Hall–Kier alpha value is -2.08. The summed E-state index contributed by atoms with van der Waals surface area (Å²) in [6, 6.07) is -0.871. The number of amides is 2. The highest BCUT2D eigenvalue weighted by atomic mass is 35.5. The summed E-state index contributed by atoms with van der Waals surface area (Å²) in [7, 11) is 0. The number of alkyl halides is 5. The largest absolute Gasteiger partial charge is 0.433 e. The summed E-state index contributed by atoms with van der Waals surface area (Å²) in [5.41, 5.74) is 5.10. The van der Waals surface area contributed by atoms with Gasteiger partial charge in [-0.2, -0.15) is 13.2 Å². The Morgan fingerprint density at radius 3 is 2.48 bits per heavy atom. The predicted octanol–water partition coefficient (Wildman–Crippen LogP) is 2.90. The van der Waals surface area contributed by atoms with Gasteiger partial charge in [0, 0.05) is 49.9 Å². The van der Waals surface area contributed by atoms with E-state index >= 15 is 0 Å². The molecule has 0 radical (unpaired) electrons. The van der Waals surface area contributed by atoms with Crippen molar-refractivity contribution in [2.45, 2.75) is 70.1 Å². The number of carbonyl (C=O) groups excluding carboxylic acids is 2. The number of rotatable bonds is 5. The minimum Gasteiger partial charge on any atom is -0.336 e. The highest BCUT2D eigenvalue weighted by molar-refractivity contribution is 5.85. The maximum atomic E-state index is 13.6. The summed E-state index contributed by atoms with van der Waals surface area (Å²) in [6.07, 6.45) is -5.70. The SMILES string of the molecule is CC(C)c1nc2c(c(C(F)(F)F)n1)CCN(C(=O)C[C@H](N)CN1CC(F)(F)CCC1=O)C2.Cl. The summed E-state index contributed by atoms with van der Waals surface area (Å²) >= 11 is 0. The molecule has 0 aliphatic carbocycles. The molecule has 0 aromatic carbocycles. The molecule has 1 fully saturated rings. The highest BCUT2D eigenvalue weighted by Crippen LogP contribution is 2.35. The van der Waals surface area contributed by atoms with Gasteiger partial charge in [-0.3, -0.25) is 9.59 Å². The first-order valence-electron chi connectivity index (χ1n) is 10.4. The number of carbonyl (C=O) groups is 2. The Bertz CT molecular complexity index is 896. The number of nitrogens with zero attached hydrogens (tertiary/aromatic N) is 4. The van der Waals surface area contributed by atoms with Gasteiger partial charge in [-0.1, -0.05) is 13.8 Å². The third kappa shape index (κ3) is 6.50. The molecular formula is C20H27ClF5N5O2. The van der Waals surface area contributed by atoms with Crippen LogP contribution in [0, 0.1) is 0 Å². The zero-order valence-corrected chi connectivity index (χ0v) is 19.1. The number of likely N-dealkylation sites (tertiary alicyclic amines) is 1. The Morgan fingerprint density at radius 2 is 1.88 bits per heavy atom. The quantitative estimate of drug-likeness (QED) is 0.629. The molecule has 1 saturated heterocycles. The highest BCUT2D eigenvalue weighted by Gasteiger charge is 2.41. The lowest BCUT2D eigenvalue weighted by Gasteiger charge is -2.34. The van der Waals surface area contributed by atoms with Gasteiger partial charge in [0.15, 0.2) is 5.69 Å². The average Bonchev–Trinajstić information content (AvgIpc) is 2.68. The molecule has 1 aromatic rings. The maximum absolute atomic E-state index is 13.6. The van der Waals surface area contributed by atoms with Crippen LogP contribution in [0.3, 0.4) is 0 Å². The minimum atomic E-state index is -4.63. The van der Waals surface area contributed by atoms with E-state index in [1.165, 1.54) is 4.90 Å². The van der Waals surface area contributed by atoms with Crippen molar-refractivity contribution in [2.75, 3.05) is 19.6 Å². The second kappa shape index (κ2) is 10.0. The molecule has 1 atom stereocenters. The van der Waals surface area contributed by atoms with Crippen molar-refractivity contribution in [3.05, 3.63) is 22.8 Å². The molecule has 1 aromatic heterocycles. The Morgan fingerprint density at radius 1 is 1.21 bits per heavy atom. The zero-order valence-electron chi connectivity index (χ0n) is 18.3. The summed E-state index contributed by atoms with van der Waals surface area (Å²) in [4.78, 5) is 34.8. The van der Waals surface area contributed by atoms with E-state index in [0.29, 0.717) is 0 Å². The molecule has 3 rings (SSSR count). The van der Waals surface area contributed by atoms with E-state index in [1.807, 2.05) is 0 Å². The Labute approximate surface area is 194 Å². The first kappa shape index (κ1) is 27.2. The van der Waals surface area contributed by atoms with E-state index < -0.39 is 48.6 Å². The molecule has 2 N–H and O–H groups in total. The van der Waals surface area contributed by atoms with Crippen LogP contribution >= 0.6 is 12.4 Å². The number of aromatic nitrogens is 2. The Balaban J connectivity index is 0.00000385. The molecule has 0 spiro atoms. The first-order valence-corrected chi connectivity index (χ1v) is 10.4. The van der Waals surface area contributed by atoms with Crippen LogP contribution in [0.25, 0.3) is 0 Å². The molecule has 7 nitrogen and oxygen atoms in total. The molecular weight excluding hydrogens is 473 g/mol. The number of hydrogen-bond donors (Lipinski definition) is 1. The van der Waals surface area contributed by atoms with Crippen molar-refractivity contribution in [2.24, 2.45) is 5.73 Å². The molecule has 2 aliphatic rings. The average molecular weight is 500 g/mol. The predicted molar refractivity (Wildman–Crippen MR) is 111 cm³/mol. The number of hydrogen-bond acceptors (Lipinski definition) is 5. The fraction of sp³-hybridized carbons (Fsp3) is 0.700. The summed E-state index contributed by atoms with van der Waals surface area (Å²) < 4.78 is 67.6. The van der Waals surface area contributed by atoms with Gasteiger partial charge >= 0.3 is 6.18 Å². The van der Waals surface area contributed by atoms with Crippen LogP contribution in [0.2, 0.25) is 0 Å². The van der Waals surface area contributed by atoms with E-state index in [9.17, 15) is 31.5 Å². The second-order valence-corrected chi connectivity index (χ2v) is 8.67. The van der Waals surface area contributed by atoms with Crippen LogP contribution in [0.1, 0.15) is 61.8 Å². The van der Waals surface area contributed by atoms with E-state index in [0.717, 1.165) is 4.90 Å². The molecule has 2 amide bonds. The minimum absolute atomic E-state index is 0. The molecule has 2 aliphatic heterocycles. The van der Waals surface area contributed by atoms with Gasteiger partial charge in [-0.25, -0.2) is 18.7 Å². The third-order valence-corrected chi connectivity index (χ3v) is 5.59. The van der Waals surface area contributed by atoms with Crippen molar-refractivity contribution in [1.29, 1.82) is 0 Å². The third-order valence-electron chi connectivity index (χ3n) is 5.59. The van der Waals surface area contributed by atoms with Crippen molar-refractivity contribution < 1.29 is 31.5 Å². The van der Waals surface area contributed by atoms with Crippen LogP contribution < -0.4 is 5.73 Å². The molecule has 0 bridgehead atoms. The van der Waals surface area contributed by atoms with Crippen molar-refractivity contribution in [1.82, 2.24) is 19.8 Å². The van der Waals surface area contributed by atoms with Gasteiger partial charge in [-0.05, 0) is 6.42 Å². The smallest absolute Gasteiger partial charge is 0.336 e. The second-order valence-electron chi connectivity index (χ2n) is 8.67. The van der Waals surface area contributed by atoms with E-state index in [1.54, 1.807) is 13.8 Å². The van der Waals surface area contributed by atoms with Crippen molar-refractivity contribution in [3.8, 4) is 0 Å².